The third kappa shape index (κ3) is 13.7. The topological polar surface area (TPSA) is 0 Å². The molecule has 0 aliphatic carbocycles. The lowest BCUT2D eigenvalue weighted by atomic mass is 10.1. The van der Waals surface area contributed by atoms with Gasteiger partial charge in [-0.25, -0.2) is 0 Å². The standard InChI is InChI=1S/C16H31/c1-3-5-7-9-11-13-15-16-14-12-10-8-6-4-2/h6H,3,5,7-16H2,1-2H3. The van der Waals surface area contributed by atoms with Gasteiger partial charge in [-0.15, -0.1) is 0 Å². The summed E-state index contributed by atoms with van der Waals surface area (Å²) in [6, 6.07) is 0. The molecule has 0 nitrogen and oxygen atoms in total. The van der Waals surface area contributed by atoms with E-state index in [1.54, 1.807) is 0 Å². The molecule has 0 unspecified atom stereocenters. The highest BCUT2D eigenvalue weighted by molar-refractivity contribution is 4.69. The van der Waals surface area contributed by atoms with Crippen molar-refractivity contribution in [3.8, 4) is 0 Å². The molecule has 0 aromatic heterocycles. The highest BCUT2D eigenvalue weighted by Gasteiger charge is 1.92. The van der Waals surface area contributed by atoms with Gasteiger partial charge in [-0.2, -0.15) is 0 Å². The van der Waals surface area contributed by atoms with Crippen LogP contribution in [-0.4, -0.2) is 0 Å². The van der Waals surface area contributed by atoms with E-state index in [1.165, 1.54) is 77.0 Å². The van der Waals surface area contributed by atoms with E-state index in [0.717, 1.165) is 0 Å². The molecule has 0 aliphatic heterocycles. The Kier molecular flexibility index (Phi) is 14.5. The van der Waals surface area contributed by atoms with Crippen LogP contribution in [0.25, 0.3) is 0 Å². The van der Waals surface area contributed by atoms with Crippen LogP contribution in [-0.2, 0) is 0 Å². The number of rotatable bonds is 12. The first-order valence-corrected chi connectivity index (χ1v) is 7.40. The Balaban J connectivity index is 2.88. The molecule has 0 fully saturated rings. The second-order valence-electron chi connectivity index (χ2n) is 4.82. The molecule has 1 radical (unpaired) electrons. The molecular formula is C16H31. The van der Waals surface area contributed by atoms with Gasteiger partial charge in [0.15, 0.2) is 0 Å². The van der Waals surface area contributed by atoms with Crippen LogP contribution in [0.2, 0.25) is 0 Å². The smallest absolute Gasteiger partial charge is 0.0345 e. The van der Waals surface area contributed by atoms with Crippen molar-refractivity contribution < 1.29 is 0 Å². The molecule has 95 valence electrons. The fourth-order valence-corrected chi connectivity index (χ4v) is 2.05. The van der Waals surface area contributed by atoms with E-state index in [9.17, 15) is 0 Å². The van der Waals surface area contributed by atoms with Crippen LogP contribution in [0.3, 0.4) is 0 Å². The maximum atomic E-state index is 3.08. The summed E-state index contributed by atoms with van der Waals surface area (Å²) in [6.45, 7) is 4.27. The first-order valence-electron chi connectivity index (χ1n) is 7.40. The Labute approximate surface area is 104 Å². The minimum absolute atomic E-state index is 1.23. The predicted molar refractivity (Wildman–Crippen MR) is 74.6 cm³/mol. The summed E-state index contributed by atoms with van der Waals surface area (Å²) < 4.78 is 0. The van der Waals surface area contributed by atoms with Crippen molar-refractivity contribution in [2.75, 3.05) is 0 Å². The summed E-state index contributed by atoms with van der Waals surface area (Å²) in [5, 5.41) is 0. The number of hydrogen-bond acceptors (Lipinski definition) is 0. The van der Waals surface area contributed by atoms with E-state index in [0.29, 0.717) is 0 Å². The van der Waals surface area contributed by atoms with Crippen LogP contribution < -0.4 is 0 Å². The van der Waals surface area contributed by atoms with Crippen LogP contribution in [0.5, 0.6) is 0 Å². The Morgan fingerprint density at radius 1 is 0.688 bits per heavy atom. The van der Waals surface area contributed by atoms with Crippen LogP contribution in [0.1, 0.15) is 90.9 Å². The van der Waals surface area contributed by atoms with E-state index in [2.05, 4.69) is 19.1 Å². The van der Waals surface area contributed by atoms with Crippen molar-refractivity contribution in [3.63, 3.8) is 0 Å². The summed E-state index contributed by atoms with van der Waals surface area (Å²) in [7, 11) is 0. The minimum Gasteiger partial charge on any atom is -0.0813 e. The van der Waals surface area contributed by atoms with Crippen LogP contribution >= 0.6 is 0 Å². The lowest BCUT2D eigenvalue weighted by Gasteiger charge is -2.01. The summed E-state index contributed by atoms with van der Waals surface area (Å²) in [4.78, 5) is 0. The van der Waals surface area contributed by atoms with E-state index in [4.69, 9.17) is 0 Å². The zero-order valence-corrected chi connectivity index (χ0v) is 11.6. The zero-order valence-electron chi connectivity index (χ0n) is 11.6. The maximum absolute atomic E-state index is 3.08. The highest BCUT2D eigenvalue weighted by Crippen LogP contribution is 2.11. The molecule has 0 heteroatoms. The van der Waals surface area contributed by atoms with E-state index < -0.39 is 0 Å². The quantitative estimate of drug-likeness (QED) is 0.352. The van der Waals surface area contributed by atoms with Crippen LogP contribution in [0.4, 0.5) is 0 Å². The van der Waals surface area contributed by atoms with Gasteiger partial charge in [-0.3, -0.25) is 0 Å². The van der Waals surface area contributed by atoms with Crippen molar-refractivity contribution in [1.29, 1.82) is 0 Å². The fourth-order valence-electron chi connectivity index (χ4n) is 2.05. The van der Waals surface area contributed by atoms with Gasteiger partial charge in [-0.1, -0.05) is 83.3 Å². The van der Waals surface area contributed by atoms with Crippen molar-refractivity contribution in [2.24, 2.45) is 0 Å². The van der Waals surface area contributed by atoms with E-state index in [-0.39, 0.29) is 0 Å². The molecule has 0 atom stereocenters. The van der Waals surface area contributed by atoms with Crippen molar-refractivity contribution >= 4 is 0 Å². The Hall–Kier alpha value is -0.260. The second-order valence-corrected chi connectivity index (χ2v) is 4.82. The van der Waals surface area contributed by atoms with Gasteiger partial charge in [0, 0.05) is 0 Å². The summed E-state index contributed by atoms with van der Waals surface area (Å²) >= 11 is 0. The second kappa shape index (κ2) is 14.7. The SMILES string of the molecule is C/[C]=C\CCCCCCCCCCCCC. The van der Waals surface area contributed by atoms with Crippen molar-refractivity contribution in [2.45, 2.75) is 90.9 Å². The molecule has 0 aromatic rings. The molecule has 0 N–H and O–H groups in total. The molecule has 0 spiro atoms. The van der Waals surface area contributed by atoms with Gasteiger partial charge in [-0.05, 0) is 19.8 Å². The van der Waals surface area contributed by atoms with Crippen LogP contribution in [0, 0.1) is 6.08 Å². The summed E-state index contributed by atoms with van der Waals surface area (Å²) in [5.74, 6) is 0. The lowest BCUT2D eigenvalue weighted by molar-refractivity contribution is 0.550. The highest BCUT2D eigenvalue weighted by atomic mass is 14.0. The van der Waals surface area contributed by atoms with Gasteiger partial charge >= 0.3 is 0 Å². The molecule has 0 aliphatic rings. The lowest BCUT2D eigenvalue weighted by Crippen LogP contribution is -1.81. The van der Waals surface area contributed by atoms with Crippen LogP contribution in [0.15, 0.2) is 6.08 Å². The monoisotopic (exact) mass is 223 g/mol. The Morgan fingerprint density at radius 2 is 1.12 bits per heavy atom. The molecule has 0 saturated heterocycles. The maximum Gasteiger partial charge on any atom is -0.0345 e. The predicted octanol–water partition coefficient (Wildman–Crippen LogP) is 6.07. The molecule has 0 bridgehead atoms. The first kappa shape index (κ1) is 15.7. The molecule has 0 saturated carbocycles. The third-order valence-corrected chi connectivity index (χ3v) is 3.16. The van der Waals surface area contributed by atoms with Gasteiger partial charge in [0.05, 0.1) is 0 Å². The number of allylic oxidation sites excluding steroid dienone is 2. The molecule has 0 aromatic carbocycles. The molecule has 0 amide bonds. The normalized spacial score (nSPS) is 11.4. The van der Waals surface area contributed by atoms with Crippen molar-refractivity contribution in [1.82, 2.24) is 0 Å². The van der Waals surface area contributed by atoms with E-state index in [1.807, 2.05) is 6.92 Å². The van der Waals surface area contributed by atoms with Gasteiger partial charge in [0.2, 0.25) is 0 Å². The third-order valence-electron chi connectivity index (χ3n) is 3.16. The molecular weight excluding hydrogens is 192 g/mol. The molecule has 16 heavy (non-hydrogen) atoms. The average molecular weight is 223 g/mol. The summed E-state index contributed by atoms with van der Waals surface area (Å²) in [5.41, 5.74) is 0. The van der Waals surface area contributed by atoms with Gasteiger partial charge < -0.3 is 0 Å². The fraction of sp³-hybridized carbons (Fsp3) is 0.875. The molecule has 0 rings (SSSR count). The summed E-state index contributed by atoms with van der Waals surface area (Å²) in [6.07, 6.45) is 22.2. The Bertz CT molecular complexity index is 135. The van der Waals surface area contributed by atoms with Crippen molar-refractivity contribution in [3.05, 3.63) is 12.2 Å². The number of hydrogen-bond donors (Lipinski definition) is 0. The zero-order chi connectivity index (χ0) is 11.9. The largest absolute Gasteiger partial charge is 0.0813 e. The minimum atomic E-state index is 1.23. The van der Waals surface area contributed by atoms with Gasteiger partial charge in [0.25, 0.3) is 0 Å². The van der Waals surface area contributed by atoms with Gasteiger partial charge in [0.1, 0.15) is 0 Å². The van der Waals surface area contributed by atoms with E-state index >= 15 is 0 Å². The Morgan fingerprint density at radius 3 is 1.56 bits per heavy atom. The average Bonchev–Trinajstić information content (AvgIpc) is 2.31. The first-order chi connectivity index (χ1) is 7.91. The number of unbranched alkanes of at least 4 members (excludes halogenated alkanes) is 11. The molecule has 0 heterocycles.